The first-order chi connectivity index (χ1) is 11.0. The highest BCUT2D eigenvalue weighted by atomic mass is 16.5. The number of likely N-dealkylation sites (tertiary alicyclic amines) is 1. The monoisotopic (exact) mass is 318 g/mol. The van der Waals surface area contributed by atoms with Crippen LogP contribution in [0.1, 0.15) is 30.1 Å². The molecule has 124 valence electrons. The van der Waals surface area contributed by atoms with Crippen LogP contribution < -0.4 is 10.1 Å². The number of benzene rings is 1. The van der Waals surface area contributed by atoms with Crippen LogP contribution in [-0.4, -0.2) is 55.2 Å². The fourth-order valence-electron chi connectivity index (χ4n) is 3.33. The summed E-state index contributed by atoms with van der Waals surface area (Å²) >= 11 is 0. The summed E-state index contributed by atoms with van der Waals surface area (Å²) < 4.78 is 10.9. The number of rotatable bonds is 2. The van der Waals surface area contributed by atoms with Crippen molar-refractivity contribution in [3.05, 3.63) is 29.8 Å². The van der Waals surface area contributed by atoms with Crippen molar-refractivity contribution in [3.63, 3.8) is 0 Å². The molecule has 2 amide bonds. The lowest BCUT2D eigenvalue weighted by molar-refractivity contribution is -0.158. The van der Waals surface area contributed by atoms with Crippen LogP contribution in [0, 0.1) is 0 Å². The molecule has 1 atom stereocenters. The Labute approximate surface area is 135 Å². The number of hydrogen-bond acceptors (Lipinski definition) is 4. The van der Waals surface area contributed by atoms with Crippen LogP contribution in [-0.2, 0) is 9.53 Å². The van der Waals surface area contributed by atoms with Gasteiger partial charge in [-0.2, -0.15) is 0 Å². The minimum atomic E-state index is -0.343. The van der Waals surface area contributed by atoms with Gasteiger partial charge in [-0.3, -0.25) is 9.59 Å². The summed E-state index contributed by atoms with van der Waals surface area (Å²) in [5.74, 6) is 0.689. The van der Waals surface area contributed by atoms with Gasteiger partial charge in [0, 0.05) is 18.7 Å². The zero-order valence-corrected chi connectivity index (χ0v) is 13.5. The average molecular weight is 318 g/mol. The number of nitrogens with zero attached hydrogens (tertiary/aromatic N) is 1. The van der Waals surface area contributed by atoms with E-state index in [1.54, 1.807) is 31.4 Å². The van der Waals surface area contributed by atoms with E-state index in [4.69, 9.17) is 9.47 Å². The van der Waals surface area contributed by atoms with E-state index in [2.05, 4.69) is 5.32 Å². The van der Waals surface area contributed by atoms with E-state index in [0.29, 0.717) is 18.7 Å². The van der Waals surface area contributed by atoms with Crippen LogP contribution in [0.2, 0.25) is 0 Å². The summed E-state index contributed by atoms with van der Waals surface area (Å²) in [6.07, 6.45) is 1.46. The largest absolute Gasteiger partial charge is 0.497 e. The van der Waals surface area contributed by atoms with Crippen molar-refractivity contribution in [2.75, 3.05) is 26.8 Å². The van der Waals surface area contributed by atoms with E-state index in [1.807, 2.05) is 11.8 Å². The molecule has 0 aromatic heterocycles. The summed E-state index contributed by atoms with van der Waals surface area (Å²) in [5.41, 5.74) is 0.317. The van der Waals surface area contributed by atoms with E-state index in [9.17, 15) is 9.59 Å². The maximum absolute atomic E-state index is 12.6. The summed E-state index contributed by atoms with van der Waals surface area (Å²) in [6.45, 7) is 3.34. The van der Waals surface area contributed by atoms with Gasteiger partial charge in [-0.25, -0.2) is 0 Å². The van der Waals surface area contributed by atoms with Gasteiger partial charge in [-0.1, -0.05) is 0 Å². The minimum absolute atomic E-state index is 0.0231. The Bertz CT molecular complexity index is 591. The third-order valence-corrected chi connectivity index (χ3v) is 4.89. The van der Waals surface area contributed by atoms with E-state index in [-0.39, 0.29) is 30.1 Å². The fraction of sp³-hybridized carbons (Fsp3) is 0.529. The third kappa shape index (κ3) is 3.03. The summed E-state index contributed by atoms with van der Waals surface area (Å²) in [4.78, 5) is 25.8. The van der Waals surface area contributed by atoms with Gasteiger partial charge in [-0.15, -0.1) is 0 Å². The molecule has 1 aromatic carbocycles. The predicted molar refractivity (Wildman–Crippen MR) is 84.4 cm³/mol. The number of nitrogens with one attached hydrogen (secondary N) is 1. The molecule has 3 rings (SSSR count). The minimum Gasteiger partial charge on any atom is -0.497 e. The number of methoxy groups -OCH3 is 1. The van der Waals surface area contributed by atoms with Crippen molar-refractivity contribution in [3.8, 4) is 5.75 Å². The fourth-order valence-corrected chi connectivity index (χ4v) is 3.33. The Balaban J connectivity index is 1.64. The van der Waals surface area contributed by atoms with Gasteiger partial charge in [0.1, 0.15) is 12.4 Å². The van der Waals surface area contributed by atoms with Crippen molar-refractivity contribution < 1.29 is 19.1 Å². The molecule has 23 heavy (non-hydrogen) atoms. The molecule has 2 heterocycles. The van der Waals surface area contributed by atoms with Crippen molar-refractivity contribution in [1.29, 1.82) is 0 Å². The highest BCUT2D eigenvalue weighted by Crippen LogP contribution is 2.32. The molecule has 0 radical (unpaired) electrons. The topological polar surface area (TPSA) is 67.9 Å². The second kappa shape index (κ2) is 6.20. The maximum atomic E-state index is 12.6. The molecule has 2 saturated heterocycles. The van der Waals surface area contributed by atoms with Crippen molar-refractivity contribution in [2.24, 2.45) is 0 Å². The van der Waals surface area contributed by atoms with Crippen LogP contribution in [0.15, 0.2) is 24.3 Å². The number of amides is 2. The zero-order valence-electron chi connectivity index (χ0n) is 13.5. The molecule has 1 aromatic rings. The van der Waals surface area contributed by atoms with Crippen LogP contribution in [0.25, 0.3) is 0 Å². The molecule has 6 heteroatoms. The Kier molecular flexibility index (Phi) is 4.26. The lowest BCUT2D eigenvalue weighted by Crippen LogP contribution is -2.63. The summed E-state index contributed by atoms with van der Waals surface area (Å²) in [7, 11) is 1.60. The summed E-state index contributed by atoms with van der Waals surface area (Å²) in [6, 6.07) is 7.12. The van der Waals surface area contributed by atoms with Gasteiger partial charge in [0.25, 0.3) is 5.91 Å². The lowest BCUT2D eigenvalue weighted by Gasteiger charge is -2.47. The molecule has 0 bridgehead atoms. The molecule has 2 fully saturated rings. The molecule has 1 spiro atoms. The highest BCUT2D eigenvalue weighted by molar-refractivity contribution is 5.94. The molecule has 1 N–H and O–H groups in total. The first kappa shape index (κ1) is 15.8. The van der Waals surface area contributed by atoms with E-state index < -0.39 is 0 Å². The summed E-state index contributed by atoms with van der Waals surface area (Å²) in [5, 5.41) is 2.95. The molecule has 2 aliphatic rings. The molecular formula is C17H22N2O4. The Hall–Kier alpha value is -2.08. The van der Waals surface area contributed by atoms with Gasteiger partial charge in [0.05, 0.1) is 18.8 Å². The molecular weight excluding hydrogens is 296 g/mol. The SMILES string of the molecule is COc1ccc(C(=O)N2CCC3(CC2)OCC(=O)NC3C)cc1. The number of carbonyl (C=O) groups is 2. The van der Waals surface area contributed by atoms with Crippen LogP contribution in [0.3, 0.4) is 0 Å². The van der Waals surface area contributed by atoms with Gasteiger partial charge >= 0.3 is 0 Å². The number of hydrogen-bond donors (Lipinski definition) is 1. The van der Waals surface area contributed by atoms with Gasteiger partial charge < -0.3 is 19.7 Å². The third-order valence-electron chi connectivity index (χ3n) is 4.89. The molecule has 0 saturated carbocycles. The molecule has 6 nitrogen and oxygen atoms in total. The van der Waals surface area contributed by atoms with Gasteiger partial charge in [0.2, 0.25) is 5.91 Å². The highest BCUT2D eigenvalue weighted by Gasteiger charge is 2.44. The van der Waals surface area contributed by atoms with E-state index in [1.165, 1.54) is 0 Å². The number of piperidine rings is 1. The quantitative estimate of drug-likeness (QED) is 0.890. The van der Waals surface area contributed by atoms with Crippen LogP contribution in [0.5, 0.6) is 5.75 Å². The smallest absolute Gasteiger partial charge is 0.253 e. The van der Waals surface area contributed by atoms with Crippen molar-refractivity contribution >= 4 is 11.8 Å². The average Bonchev–Trinajstić information content (AvgIpc) is 2.59. The lowest BCUT2D eigenvalue weighted by atomic mass is 9.83. The van der Waals surface area contributed by atoms with Gasteiger partial charge in [0.15, 0.2) is 0 Å². The Morgan fingerprint density at radius 3 is 2.52 bits per heavy atom. The predicted octanol–water partition coefficient (Wildman–Crippen LogP) is 1.20. The standard InChI is InChI=1S/C17H22N2O4/c1-12-17(23-11-15(20)18-12)7-9-19(10-8-17)16(21)13-3-5-14(22-2)6-4-13/h3-6,12H,7-11H2,1-2H3,(H,18,20). The molecule has 0 aliphatic carbocycles. The second-order valence-corrected chi connectivity index (χ2v) is 6.16. The van der Waals surface area contributed by atoms with Crippen LogP contribution in [0.4, 0.5) is 0 Å². The second-order valence-electron chi connectivity index (χ2n) is 6.16. The molecule has 1 unspecified atom stereocenters. The van der Waals surface area contributed by atoms with Crippen LogP contribution >= 0.6 is 0 Å². The first-order valence-corrected chi connectivity index (χ1v) is 7.91. The first-order valence-electron chi connectivity index (χ1n) is 7.91. The van der Waals surface area contributed by atoms with Crippen molar-refractivity contribution in [2.45, 2.75) is 31.4 Å². The van der Waals surface area contributed by atoms with Gasteiger partial charge in [-0.05, 0) is 44.0 Å². The van der Waals surface area contributed by atoms with E-state index in [0.717, 1.165) is 18.6 Å². The van der Waals surface area contributed by atoms with Crippen molar-refractivity contribution in [1.82, 2.24) is 10.2 Å². The maximum Gasteiger partial charge on any atom is 0.253 e. The van der Waals surface area contributed by atoms with E-state index >= 15 is 0 Å². The normalized spacial score (nSPS) is 23.5. The number of carbonyl (C=O) groups excluding carboxylic acids is 2. The Morgan fingerprint density at radius 2 is 1.96 bits per heavy atom. The number of morpholine rings is 1. The molecule has 2 aliphatic heterocycles. The number of ether oxygens (including phenoxy) is 2. The Morgan fingerprint density at radius 1 is 1.30 bits per heavy atom. The zero-order chi connectivity index (χ0) is 16.4.